The Morgan fingerprint density at radius 3 is 2.56 bits per heavy atom. The molecule has 1 aliphatic carbocycles. The van der Waals surface area contributed by atoms with Crippen LogP contribution in [-0.2, 0) is 16.2 Å². The van der Waals surface area contributed by atoms with E-state index in [1.54, 1.807) is 12.4 Å². The average molecular weight is 490 g/mol. The number of hydrogen-bond donors (Lipinski definition) is 1. The Kier molecular flexibility index (Phi) is 5.33. The Hall–Kier alpha value is -3.10. The summed E-state index contributed by atoms with van der Waals surface area (Å²) in [5, 5.41) is 0.863. The number of aromatic nitrogens is 2. The van der Waals surface area contributed by atoms with E-state index in [9.17, 15) is 21.6 Å². The van der Waals surface area contributed by atoms with Gasteiger partial charge >= 0.3 is 6.18 Å². The minimum Gasteiger partial charge on any atom is -0.380 e. The maximum Gasteiger partial charge on any atom is 0.416 e. The number of nitrogens with zero attached hydrogens (tertiary/aromatic N) is 4. The lowest BCUT2D eigenvalue weighted by Gasteiger charge is -2.30. The fourth-order valence-corrected chi connectivity index (χ4v) is 6.94. The zero-order valence-electron chi connectivity index (χ0n) is 18.2. The molecule has 7 nitrogen and oxygen atoms in total. The van der Waals surface area contributed by atoms with Gasteiger partial charge in [0.1, 0.15) is 5.65 Å². The first-order valence-corrected chi connectivity index (χ1v) is 12.3. The fourth-order valence-electron chi connectivity index (χ4n) is 5.34. The number of sulfonamides is 1. The van der Waals surface area contributed by atoms with Crippen LogP contribution in [0, 0.1) is 18.4 Å². The lowest BCUT2D eigenvalue weighted by Crippen LogP contribution is -2.34. The molecule has 2 aromatic heterocycles. The van der Waals surface area contributed by atoms with Crippen LogP contribution in [-0.4, -0.2) is 48.9 Å². The van der Waals surface area contributed by atoms with Crippen molar-refractivity contribution in [3.63, 3.8) is 0 Å². The Morgan fingerprint density at radius 1 is 1.21 bits per heavy atom. The first-order valence-electron chi connectivity index (χ1n) is 10.8. The van der Waals surface area contributed by atoms with Crippen LogP contribution in [0.5, 0.6) is 0 Å². The second-order valence-electron chi connectivity index (χ2n) is 8.95. The third-order valence-electron chi connectivity index (χ3n) is 7.05. The van der Waals surface area contributed by atoms with E-state index < -0.39 is 21.8 Å². The van der Waals surface area contributed by atoms with E-state index in [0.717, 1.165) is 36.0 Å². The molecular formula is C23H22F3N5O2S. The highest BCUT2D eigenvalue weighted by molar-refractivity contribution is 7.89. The van der Waals surface area contributed by atoms with Gasteiger partial charge in [0.15, 0.2) is 0 Å². The van der Waals surface area contributed by atoms with Crippen molar-refractivity contribution in [3.8, 4) is 0 Å². The van der Waals surface area contributed by atoms with Gasteiger partial charge in [-0.15, -0.1) is 0 Å². The summed E-state index contributed by atoms with van der Waals surface area (Å²) in [5.74, 6) is 0.209. The van der Waals surface area contributed by atoms with Crippen LogP contribution in [0.2, 0.25) is 0 Å². The highest BCUT2D eigenvalue weighted by atomic mass is 32.2. The van der Waals surface area contributed by atoms with E-state index in [0.29, 0.717) is 17.4 Å². The second kappa shape index (κ2) is 7.99. The molecule has 0 bridgehead atoms. The molecule has 2 fully saturated rings. The SMILES string of the molecule is [C-]#[N+]c1cnc2[nH]ccc2c1N(C)C1C[C@@H]2CN(S(=O)(=O)c3cccc(C(F)(F)F)c3)C[C@@H]2C1. The first-order chi connectivity index (χ1) is 16.1. The predicted octanol–water partition coefficient (Wildman–Crippen LogP) is 4.67. The van der Waals surface area contributed by atoms with Crippen molar-refractivity contribution in [2.45, 2.75) is 30.0 Å². The van der Waals surface area contributed by atoms with Gasteiger partial charge in [0.2, 0.25) is 15.7 Å². The number of aromatic amines is 1. The molecule has 5 rings (SSSR count). The molecule has 1 unspecified atom stereocenters. The molecule has 3 heterocycles. The Morgan fingerprint density at radius 2 is 1.91 bits per heavy atom. The number of pyridine rings is 1. The number of nitrogens with one attached hydrogen (secondary N) is 1. The summed E-state index contributed by atoms with van der Waals surface area (Å²) in [4.78, 5) is 12.7. The average Bonchev–Trinajstić information content (AvgIpc) is 3.52. The normalized spacial score (nSPS) is 23.2. The number of rotatable bonds is 4. The highest BCUT2D eigenvalue weighted by Crippen LogP contribution is 2.45. The third kappa shape index (κ3) is 3.71. The van der Waals surface area contributed by atoms with Gasteiger partial charge in [-0.3, -0.25) is 4.98 Å². The molecule has 178 valence electrons. The van der Waals surface area contributed by atoms with Gasteiger partial charge in [-0.25, -0.2) is 13.3 Å². The van der Waals surface area contributed by atoms with Gasteiger partial charge in [0, 0.05) is 44.0 Å². The van der Waals surface area contributed by atoms with Gasteiger partial charge in [-0.2, -0.15) is 17.5 Å². The quantitative estimate of drug-likeness (QED) is 0.541. The number of alkyl halides is 3. The lowest BCUT2D eigenvalue weighted by atomic mass is 10.0. The Balaban J connectivity index is 1.34. The van der Waals surface area contributed by atoms with Crippen molar-refractivity contribution in [2.75, 3.05) is 25.0 Å². The number of fused-ring (bicyclic) bond motifs is 2. The van der Waals surface area contributed by atoms with Crippen LogP contribution >= 0.6 is 0 Å². The molecule has 1 saturated carbocycles. The van der Waals surface area contributed by atoms with Crippen molar-refractivity contribution in [1.29, 1.82) is 0 Å². The summed E-state index contributed by atoms with van der Waals surface area (Å²) in [6, 6.07) is 5.93. The van der Waals surface area contributed by atoms with Gasteiger partial charge < -0.3 is 9.88 Å². The van der Waals surface area contributed by atoms with E-state index >= 15 is 0 Å². The minimum absolute atomic E-state index is 0.105. The van der Waals surface area contributed by atoms with Crippen molar-refractivity contribution in [3.05, 3.63) is 59.7 Å². The molecule has 0 spiro atoms. The smallest absolute Gasteiger partial charge is 0.380 e. The summed E-state index contributed by atoms with van der Waals surface area (Å²) in [6.45, 7) is 8.09. The topological polar surface area (TPSA) is 73.7 Å². The summed E-state index contributed by atoms with van der Waals surface area (Å²) in [6.07, 6.45) is 0.204. The van der Waals surface area contributed by atoms with Crippen LogP contribution in [0.1, 0.15) is 18.4 Å². The molecule has 2 aliphatic rings. The maximum atomic E-state index is 13.1. The van der Waals surface area contributed by atoms with Crippen molar-refractivity contribution < 1.29 is 21.6 Å². The Labute approximate surface area is 195 Å². The molecule has 34 heavy (non-hydrogen) atoms. The molecule has 3 aromatic rings. The number of anilines is 1. The number of H-pyrrole nitrogens is 1. The highest BCUT2D eigenvalue weighted by Gasteiger charge is 2.46. The molecule has 0 amide bonds. The molecule has 1 saturated heterocycles. The molecule has 1 N–H and O–H groups in total. The van der Waals surface area contributed by atoms with Gasteiger partial charge in [-0.1, -0.05) is 6.07 Å². The molecule has 0 radical (unpaired) electrons. The maximum absolute atomic E-state index is 13.1. The van der Waals surface area contributed by atoms with E-state index in [-0.39, 0.29) is 35.9 Å². The monoisotopic (exact) mass is 489 g/mol. The molecule has 1 aliphatic heterocycles. The van der Waals surface area contributed by atoms with Crippen molar-refractivity contribution >= 4 is 32.4 Å². The fraction of sp³-hybridized carbons (Fsp3) is 0.391. The predicted molar refractivity (Wildman–Crippen MR) is 121 cm³/mol. The Bertz CT molecular complexity index is 1380. The van der Waals surface area contributed by atoms with Crippen molar-refractivity contribution in [2.24, 2.45) is 11.8 Å². The van der Waals surface area contributed by atoms with E-state index in [1.165, 1.54) is 10.4 Å². The molecule has 3 atom stereocenters. The number of halogens is 3. The van der Waals surface area contributed by atoms with Gasteiger partial charge in [0.05, 0.1) is 22.7 Å². The zero-order valence-corrected chi connectivity index (χ0v) is 19.1. The van der Waals surface area contributed by atoms with E-state index in [4.69, 9.17) is 6.57 Å². The van der Waals surface area contributed by atoms with E-state index in [2.05, 4.69) is 19.7 Å². The second-order valence-corrected chi connectivity index (χ2v) is 10.9. The van der Waals surface area contributed by atoms with Crippen molar-refractivity contribution in [1.82, 2.24) is 14.3 Å². The molecular weight excluding hydrogens is 467 g/mol. The van der Waals surface area contributed by atoms with Gasteiger partial charge in [-0.05, 0) is 48.9 Å². The first kappa shape index (κ1) is 22.7. The standard InChI is InChI=1S/C23H22F3N5O2S/c1-27-20-11-29-22-19(6-7-28-22)21(20)30(2)17-8-14-12-31(13-15(14)9-17)34(32,33)18-5-3-4-16(10-18)23(24,25)26/h3-7,10-11,14-15,17H,8-9,12-13H2,2H3,(H,28,29)/t14-,15+,17?. The summed E-state index contributed by atoms with van der Waals surface area (Å²) >= 11 is 0. The van der Waals surface area contributed by atoms with Crippen LogP contribution in [0.25, 0.3) is 15.9 Å². The zero-order chi connectivity index (χ0) is 24.3. The largest absolute Gasteiger partial charge is 0.416 e. The van der Waals surface area contributed by atoms with Crippen LogP contribution < -0.4 is 4.90 Å². The third-order valence-corrected chi connectivity index (χ3v) is 8.88. The lowest BCUT2D eigenvalue weighted by molar-refractivity contribution is -0.137. The van der Waals surface area contributed by atoms with Crippen LogP contribution in [0.3, 0.4) is 0 Å². The number of hydrogen-bond acceptors (Lipinski definition) is 4. The summed E-state index contributed by atoms with van der Waals surface area (Å²) in [7, 11) is -2.07. The van der Waals surface area contributed by atoms with Gasteiger partial charge in [0.25, 0.3) is 0 Å². The summed E-state index contributed by atoms with van der Waals surface area (Å²) in [5.41, 5.74) is 0.990. The number of benzene rings is 1. The van der Waals surface area contributed by atoms with E-state index in [1.807, 2.05) is 13.1 Å². The summed E-state index contributed by atoms with van der Waals surface area (Å²) < 4.78 is 66.7. The minimum atomic E-state index is -4.60. The molecule has 1 aromatic carbocycles. The van der Waals surface area contributed by atoms with Crippen LogP contribution in [0.15, 0.2) is 47.6 Å². The van der Waals surface area contributed by atoms with Crippen LogP contribution in [0.4, 0.5) is 24.5 Å². The molecule has 11 heteroatoms.